The summed E-state index contributed by atoms with van der Waals surface area (Å²) in [5.41, 5.74) is 7.24. The molecule has 0 aliphatic carbocycles. The van der Waals surface area contributed by atoms with E-state index in [1.54, 1.807) is 18.5 Å². The largest absolute Gasteiger partial charge is 0.369 e. The van der Waals surface area contributed by atoms with Crippen molar-refractivity contribution in [1.29, 1.82) is 0 Å². The average Bonchev–Trinajstić information content (AvgIpc) is 3.38. The molecule has 0 unspecified atom stereocenters. The number of rotatable bonds is 8. The van der Waals surface area contributed by atoms with Gasteiger partial charge in [-0.25, -0.2) is 19.3 Å². The van der Waals surface area contributed by atoms with E-state index in [9.17, 15) is 4.39 Å². The lowest BCUT2D eigenvalue weighted by atomic mass is 10.1. The number of aryl methyl sites for hydroxylation is 1. The van der Waals surface area contributed by atoms with Crippen LogP contribution in [-0.2, 0) is 0 Å². The van der Waals surface area contributed by atoms with E-state index in [0.717, 1.165) is 62.8 Å². The van der Waals surface area contributed by atoms with Crippen LogP contribution < -0.4 is 10.2 Å². The highest BCUT2D eigenvalue weighted by molar-refractivity contribution is 5.88. The van der Waals surface area contributed by atoms with E-state index >= 15 is 0 Å². The number of piperazine rings is 1. The zero-order valence-electron chi connectivity index (χ0n) is 23.0. The van der Waals surface area contributed by atoms with E-state index in [-0.39, 0.29) is 5.82 Å². The first kappa shape index (κ1) is 26.0. The molecule has 6 rings (SSSR count). The third kappa shape index (κ3) is 5.27. The van der Waals surface area contributed by atoms with Crippen molar-refractivity contribution in [3.63, 3.8) is 0 Å². The molecular weight excluding hydrogens is 501 g/mol. The van der Waals surface area contributed by atoms with Gasteiger partial charge >= 0.3 is 0 Å². The fourth-order valence-corrected chi connectivity index (χ4v) is 5.44. The molecular formula is C32H34FN7. The van der Waals surface area contributed by atoms with Gasteiger partial charge in [-0.15, -0.1) is 0 Å². The normalized spacial score (nSPS) is 14.1. The highest BCUT2D eigenvalue weighted by Crippen LogP contribution is 2.30. The number of hydrogen-bond donors (Lipinski definition) is 1. The molecule has 1 aliphatic rings. The third-order valence-corrected chi connectivity index (χ3v) is 7.79. The van der Waals surface area contributed by atoms with Crippen LogP contribution in [0, 0.1) is 19.7 Å². The second-order valence-corrected chi connectivity index (χ2v) is 10.3. The van der Waals surface area contributed by atoms with Crippen LogP contribution in [0.25, 0.3) is 28.2 Å². The van der Waals surface area contributed by atoms with Crippen molar-refractivity contribution in [3.05, 3.63) is 96.1 Å². The summed E-state index contributed by atoms with van der Waals surface area (Å²) in [4.78, 5) is 19.1. The maximum atomic E-state index is 13.7. The van der Waals surface area contributed by atoms with E-state index in [2.05, 4.69) is 57.1 Å². The van der Waals surface area contributed by atoms with Gasteiger partial charge in [-0.2, -0.15) is 0 Å². The molecule has 5 aromatic rings. The Kier molecular flexibility index (Phi) is 7.42. The minimum Gasteiger partial charge on any atom is -0.369 e. The lowest BCUT2D eigenvalue weighted by Crippen LogP contribution is -2.47. The fraction of sp³-hybridized carbons (Fsp3) is 0.281. The number of benzene rings is 3. The van der Waals surface area contributed by atoms with Gasteiger partial charge in [0.15, 0.2) is 17.0 Å². The van der Waals surface area contributed by atoms with Crippen molar-refractivity contribution in [1.82, 2.24) is 24.4 Å². The predicted octanol–water partition coefficient (Wildman–Crippen LogP) is 5.86. The number of hydrogen-bond acceptors (Lipinski definition) is 6. The topological polar surface area (TPSA) is 62.1 Å². The van der Waals surface area contributed by atoms with Crippen molar-refractivity contribution in [2.24, 2.45) is 0 Å². The Hall–Kier alpha value is -4.30. The van der Waals surface area contributed by atoms with Gasteiger partial charge in [-0.1, -0.05) is 42.5 Å². The monoisotopic (exact) mass is 535 g/mol. The second kappa shape index (κ2) is 11.4. The van der Waals surface area contributed by atoms with E-state index in [1.807, 2.05) is 34.9 Å². The summed E-state index contributed by atoms with van der Waals surface area (Å²) in [6.07, 6.45) is 2.56. The van der Waals surface area contributed by atoms with Crippen LogP contribution in [0.3, 0.4) is 0 Å². The second-order valence-electron chi connectivity index (χ2n) is 10.3. The molecule has 7 nitrogen and oxygen atoms in total. The van der Waals surface area contributed by atoms with Crippen molar-refractivity contribution >= 4 is 22.7 Å². The van der Waals surface area contributed by atoms with E-state index in [4.69, 9.17) is 4.98 Å². The Morgan fingerprint density at radius 3 is 2.40 bits per heavy atom. The van der Waals surface area contributed by atoms with Gasteiger partial charge < -0.3 is 10.2 Å². The zero-order valence-corrected chi connectivity index (χ0v) is 23.0. The van der Waals surface area contributed by atoms with Gasteiger partial charge in [-0.3, -0.25) is 9.47 Å². The number of fused-ring (bicyclic) bond motifs is 1. The van der Waals surface area contributed by atoms with Gasteiger partial charge in [0.1, 0.15) is 18.0 Å². The number of anilines is 2. The molecule has 0 bridgehead atoms. The first-order valence-corrected chi connectivity index (χ1v) is 13.9. The van der Waals surface area contributed by atoms with Crippen LogP contribution in [-0.4, -0.2) is 63.7 Å². The first-order chi connectivity index (χ1) is 19.6. The van der Waals surface area contributed by atoms with Crippen molar-refractivity contribution in [2.45, 2.75) is 20.3 Å². The Morgan fingerprint density at radius 1 is 0.850 bits per heavy atom. The molecule has 0 saturated carbocycles. The van der Waals surface area contributed by atoms with Crippen LogP contribution in [0.15, 0.2) is 79.1 Å². The zero-order chi connectivity index (χ0) is 27.5. The van der Waals surface area contributed by atoms with E-state index < -0.39 is 0 Å². The van der Waals surface area contributed by atoms with Gasteiger partial charge in [0.05, 0.1) is 0 Å². The molecule has 40 heavy (non-hydrogen) atoms. The molecule has 0 spiro atoms. The van der Waals surface area contributed by atoms with Crippen molar-refractivity contribution in [2.75, 3.05) is 49.5 Å². The smallest absolute Gasteiger partial charge is 0.170 e. The number of halogens is 1. The van der Waals surface area contributed by atoms with Crippen LogP contribution >= 0.6 is 0 Å². The Bertz CT molecular complexity index is 1590. The van der Waals surface area contributed by atoms with Gasteiger partial charge in [0, 0.05) is 49.7 Å². The van der Waals surface area contributed by atoms with Crippen LogP contribution in [0.5, 0.6) is 0 Å². The van der Waals surface area contributed by atoms with E-state index in [0.29, 0.717) is 17.0 Å². The summed E-state index contributed by atoms with van der Waals surface area (Å²) in [7, 11) is 0. The molecule has 0 radical (unpaired) electrons. The molecule has 1 N–H and O–H groups in total. The molecule has 8 heteroatoms. The van der Waals surface area contributed by atoms with Crippen molar-refractivity contribution < 1.29 is 4.39 Å². The standard InChI is InChI=1S/C32H34FN7/c1-23-8-6-11-28(24(23)2)39-20-18-38(19-21-39)17-7-16-34-30-29-32(36-22-35-30)40(27-14-12-26(33)13-15-27)31(37-29)25-9-4-3-5-10-25/h3-6,8-15,22H,7,16-21H2,1-2H3,(H,34,35,36). The SMILES string of the molecule is Cc1cccc(N2CCN(CCCNc3ncnc4c3nc(-c3ccccc3)n4-c3ccc(F)cc3)CC2)c1C. The third-order valence-electron chi connectivity index (χ3n) is 7.79. The van der Waals surface area contributed by atoms with Gasteiger partial charge in [-0.05, 0) is 68.3 Å². The lowest BCUT2D eigenvalue weighted by molar-refractivity contribution is 0.257. The van der Waals surface area contributed by atoms with Crippen LogP contribution in [0.1, 0.15) is 17.5 Å². The number of imidazole rings is 1. The maximum Gasteiger partial charge on any atom is 0.170 e. The predicted molar refractivity (Wildman–Crippen MR) is 160 cm³/mol. The molecule has 0 amide bonds. The molecule has 1 fully saturated rings. The summed E-state index contributed by atoms with van der Waals surface area (Å²) >= 11 is 0. The van der Waals surface area contributed by atoms with Crippen molar-refractivity contribution in [3.8, 4) is 17.1 Å². The highest BCUT2D eigenvalue weighted by atomic mass is 19.1. The molecule has 1 saturated heterocycles. The Morgan fingerprint density at radius 2 is 1.62 bits per heavy atom. The minimum absolute atomic E-state index is 0.280. The average molecular weight is 536 g/mol. The fourth-order valence-electron chi connectivity index (χ4n) is 5.44. The summed E-state index contributed by atoms with van der Waals surface area (Å²) in [6, 6.07) is 23.0. The lowest BCUT2D eigenvalue weighted by Gasteiger charge is -2.37. The molecule has 0 atom stereocenters. The van der Waals surface area contributed by atoms with Gasteiger partial charge in [0.2, 0.25) is 0 Å². The van der Waals surface area contributed by atoms with Crippen LogP contribution in [0.2, 0.25) is 0 Å². The number of nitrogens with zero attached hydrogens (tertiary/aromatic N) is 6. The summed E-state index contributed by atoms with van der Waals surface area (Å²) in [5.74, 6) is 1.17. The summed E-state index contributed by atoms with van der Waals surface area (Å²) in [6.45, 7) is 10.4. The number of aromatic nitrogens is 4. The minimum atomic E-state index is -0.280. The summed E-state index contributed by atoms with van der Waals surface area (Å²) in [5, 5.41) is 3.50. The molecule has 3 heterocycles. The molecule has 1 aliphatic heterocycles. The van der Waals surface area contributed by atoms with Gasteiger partial charge in [0.25, 0.3) is 0 Å². The van der Waals surface area contributed by atoms with Crippen LogP contribution in [0.4, 0.5) is 15.9 Å². The number of nitrogens with one attached hydrogen (secondary N) is 1. The first-order valence-electron chi connectivity index (χ1n) is 13.9. The quantitative estimate of drug-likeness (QED) is 0.251. The van der Waals surface area contributed by atoms with E-state index in [1.165, 1.54) is 28.9 Å². The summed E-state index contributed by atoms with van der Waals surface area (Å²) < 4.78 is 15.7. The molecule has 2 aromatic heterocycles. The maximum absolute atomic E-state index is 13.7. The Balaban J connectivity index is 1.14. The Labute approximate surface area is 234 Å². The molecule has 204 valence electrons. The molecule has 3 aromatic carbocycles. The highest BCUT2D eigenvalue weighted by Gasteiger charge is 2.20.